The molecule has 0 aliphatic rings. The first-order chi connectivity index (χ1) is 8.11. The minimum atomic E-state index is 0.411. The summed E-state index contributed by atoms with van der Waals surface area (Å²) < 4.78 is 0. The van der Waals surface area contributed by atoms with Crippen LogP contribution in [0.2, 0.25) is 5.15 Å². The molecule has 17 heavy (non-hydrogen) atoms. The highest BCUT2D eigenvalue weighted by atomic mass is 35.5. The first-order valence-electron chi connectivity index (χ1n) is 5.13. The maximum Gasteiger partial charge on any atom is 0.133 e. The highest BCUT2D eigenvalue weighted by Crippen LogP contribution is 2.25. The highest BCUT2D eigenvalue weighted by Gasteiger charge is 2.08. The van der Waals surface area contributed by atoms with Crippen LogP contribution in [0.1, 0.15) is 17.0 Å². The molecule has 0 aliphatic heterocycles. The number of nitrogens with zero attached hydrogens (tertiary/aromatic N) is 3. The predicted octanol–water partition coefficient (Wildman–Crippen LogP) is 3.29. The number of rotatable bonds is 1. The quantitative estimate of drug-likeness (QED) is 0.722. The zero-order valence-corrected chi connectivity index (χ0v) is 10.3. The van der Waals surface area contributed by atoms with Crippen molar-refractivity contribution in [1.82, 2.24) is 9.97 Å². The van der Waals surface area contributed by atoms with Gasteiger partial charge in [0.1, 0.15) is 11.0 Å². The molecule has 2 aromatic rings. The Morgan fingerprint density at radius 1 is 1.24 bits per heavy atom. The van der Waals surface area contributed by atoms with Gasteiger partial charge in [-0.05, 0) is 25.5 Å². The van der Waals surface area contributed by atoms with Gasteiger partial charge in [-0.25, -0.2) is 9.97 Å². The Hall–Kier alpha value is -1.92. The average molecular weight is 244 g/mol. The standard InChI is InChI=1S/C13H10ClN3/c1-8-10(7-15)4-3-5-11(8)12-6-13(14)17-9(2)16-12/h3-6H,1-2H3. The van der Waals surface area contributed by atoms with Crippen molar-refractivity contribution in [2.24, 2.45) is 0 Å². The van der Waals surface area contributed by atoms with Crippen LogP contribution in [0.4, 0.5) is 0 Å². The summed E-state index contributed by atoms with van der Waals surface area (Å²) in [5, 5.41) is 9.40. The second kappa shape index (κ2) is 4.52. The molecule has 0 aliphatic carbocycles. The van der Waals surface area contributed by atoms with Gasteiger partial charge >= 0.3 is 0 Å². The first-order valence-corrected chi connectivity index (χ1v) is 5.51. The average Bonchev–Trinajstić information content (AvgIpc) is 2.28. The Kier molecular flexibility index (Phi) is 3.08. The lowest BCUT2D eigenvalue weighted by molar-refractivity contribution is 1.06. The van der Waals surface area contributed by atoms with E-state index in [2.05, 4.69) is 16.0 Å². The molecule has 4 heteroatoms. The van der Waals surface area contributed by atoms with Gasteiger partial charge in [0.05, 0.1) is 17.3 Å². The molecular weight excluding hydrogens is 234 g/mol. The van der Waals surface area contributed by atoms with Gasteiger partial charge in [0, 0.05) is 11.6 Å². The molecule has 0 saturated carbocycles. The zero-order chi connectivity index (χ0) is 12.4. The largest absolute Gasteiger partial charge is 0.233 e. The third-order valence-corrected chi connectivity index (χ3v) is 2.73. The zero-order valence-electron chi connectivity index (χ0n) is 9.53. The lowest BCUT2D eigenvalue weighted by Gasteiger charge is -2.07. The Morgan fingerprint density at radius 2 is 2.00 bits per heavy atom. The first kappa shape index (κ1) is 11.6. The van der Waals surface area contributed by atoms with Crippen molar-refractivity contribution in [1.29, 1.82) is 5.26 Å². The van der Waals surface area contributed by atoms with Crippen LogP contribution in [0.5, 0.6) is 0 Å². The Morgan fingerprint density at radius 3 is 2.65 bits per heavy atom. The van der Waals surface area contributed by atoms with Crippen molar-refractivity contribution < 1.29 is 0 Å². The molecule has 0 amide bonds. The summed E-state index contributed by atoms with van der Waals surface area (Å²) in [6.07, 6.45) is 0. The van der Waals surface area contributed by atoms with Gasteiger partial charge in [0.2, 0.25) is 0 Å². The van der Waals surface area contributed by atoms with Crippen molar-refractivity contribution in [2.45, 2.75) is 13.8 Å². The van der Waals surface area contributed by atoms with E-state index in [1.807, 2.05) is 19.1 Å². The molecule has 0 spiro atoms. The summed E-state index contributed by atoms with van der Waals surface area (Å²) in [6, 6.07) is 9.42. The van der Waals surface area contributed by atoms with Gasteiger partial charge in [0.25, 0.3) is 0 Å². The molecule has 0 radical (unpaired) electrons. The van der Waals surface area contributed by atoms with Gasteiger partial charge in [-0.1, -0.05) is 23.7 Å². The molecule has 0 bridgehead atoms. The van der Waals surface area contributed by atoms with Crippen LogP contribution in [-0.4, -0.2) is 9.97 Å². The lowest BCUT2D eigenvalue weighted by atomic mass is 10.0. The Bertz CT molecular complexity index is 594. The van der Waals surface area contributed by atoms with E-state index < -0.39 is 0 Å². The monoisotopic (exact) mass is 243 g/mol. The van der Waals surface area contributed by atoms with Crippen LogP contribution in [0, 0.1) is 25.2 Å². The van der Waals surface area contributed by atoms with Crippen LogP contribution in [0.25, 0.3) is 11.3 Å². The van der Waals surface area contributed by atoms with Crippen molar-refractivity contribution in [3.63, 3.8) is 0 Å². The van der Waals surface area contributed by atoms with Crippen molar-refractivity contribution >= 4 is 11.6 Å². The highest BCUT2D eigenvalue weighted by molar-refractivity contribution is 6.29. The van der Waals surface area contributed by atoms with Crippen molar-refractivity contribution in [2.75, 3.05) is 0 Å². The van der Waals surface area contributed by atoms with Crippen LogP contribution < -0.4 is 0 Å². The van der Waals surface area contributed by atoms with E-state index in [1.165, 1.54) is 0 Å². The number of benzene rings is 1. The Labute approximate surface area is 105 Å². The molecule has 0 saturated heterocycles. The number of nitriles is 1. The second-order valence-corrected chi connectivity index (χ2v) is 4.10. The Balaban J connectivity index is 2.65. The van der Waals surface area contributed by atoms with Gasteiger partial charge in [-0.2, -0.15) is 5.26 Å². The van der Waals surface area contributed by atoms with E-state index in [1.54, 1.807) is 19.1 Å². The summed E-state index contributed by atoms with van der Waals surface area (Å²) in [6.45, 7) is 3.69. The molecule has 1 aromatic carbocycles. The fourth-order valence-corrected chi connectivity index (χ4v) is 1.93. The molecule has 2 rings (SSSR count). The van der Waals surface area contributed by atoms with Crippen molar-refractivity contribution in [3.05, 3.63) is 46.4 Å². The normalized spacial score (nSPS) is 10.0. The minimum absolute atomic E-state index is 0.411. The van der Waals surface area contributed by atoms with E-state index in [4.69, 9.17) is 16.9 Å². The van der Waals surface area contributed by atoms with Gasteiger partial charge in [-0.3, -0.25) is 0 Å². The van der Waals surface area contributed by atoms with E-state index in [0.29, 0.717) is 16.5 Å². The van der Waals surface area contributed by atoms with Gasteiger partial charge in [0.15, 0.2) is 0 Å². The van der Waals surface area contributed by atoms with E-state index in [9.17, 15) is 0 Å². The summed E-state index contributed by atoms with van der Waals surface area (Å²) in [5.74, 6) is 0.620. The summed E-state index contributed by atoms with van der Waals surface area (Å²) >= 11 is 5.91. The third-order valence-electron chi connectivity index (χ3n) is 2.54. The molecule has 84 valence electrons. The summed E-state index contributed by atoms with van der Waals surface area (Å²) in [7, 11) is 0. The maximum atomic E-state index is 8.99. The fraction of sp³-hybridized carbons (Fsp3) is 0.154. The second-order valence-electron chi connectivity index (χ2n) is 3.71. The van der Waals surface area contributed by atoms with Crippen LogP contribution in [-0.2, 0) is 0 Å². The molecule has 0 unspecified atom stereocenters. The summed E-state index contributed by atoms with van der Waals surface area (Å²) in [4.78, 5) is 8.36. The van der Waals surface area contributed by atoms with Crippen LogP contribution >= 0.6 is 11.6 Å². The number of aromatic nitrogens is 2. The lowest BCUT2D eigenvalue weighted by Crippen LogP contribution is -1.94. The maximum absolute atomic E-state index is 8.99. The van der Waals surface area contributed by atoms with Crippen LogP contribution in [0.15, 0.2) is 24.3 Å². The molecule has 0 fully saturated rings. The molecule has 1 heterocycles. The predicted molar refractivity (Wildman–Crippen MR) is 66.7 cm³/mol. The number of aryl methyl sites for hydroxylation is 1. The van der Waals surface area contributed by atoms with E-state index in [-0.39, 0.29) is 0 Å². The van der Waals surface area contributed by atoms with Crippen LogP contribution in [0.3, 0.4) is 0 Å². The van der Waals surface area contributed by atoms with E-state index in [0.717, 1.165) is 16.8 Å². The smallest absolute Gasteiger partial charge is 0.133 e. The topological polar surface area (TPSA) is 49.6 Å². The fourth-order valence-electron chi connectivity index (χ4n) is 1.70. The summed E-state index contributed by atoms with van der Waals surface area (Å²) in [5.41, 5.74) is 3.22. The molecule has 0 N–H and O–H groups in total. The SMILES string of the molecule is Cc1nc(Cl)cc(-c2cccc(C#N)c2C)n1. The van der Waals surface area contributed by atoms with Gasteiger partial charge < -0.3 is 0 Å². The minimum Gasteiger partial charge on any atom is -0.233 e. The molecular formula is C13H10ClN3. The third kappa shape index (κ3) is 2.27. The molecule has 3 nitrogen and oxygen atoms in total. The molecule has 1 aromatic heterocycles. The molecule has 0 atom stereocenters. The van der Waals surface area contributed by atoms with Gasteiger partial charge in [-0.15, -0.1) is 0 Å². The van der Waals surface area contributed by atoms with Crippen molar-refractivity contribution in [3.8, 4) is 17.3 Å². The number of halogens is 1. The number of hydrogen-bond donors (Lipinski definition) is 0. The van der Waals surface area contributed by atoms with E-state index >= 15 is 0 Å². The number of hydrogen-bond acceptors (Lipinski definition) is 3.